The third-order valence-electron chi connectivity index (χ3n) is 7.06. The molecule has 214 valence electrons. The van der Waals surface area contributed by atoms with Crippen molar-refractivity contribution in [1.82, 2.24) is 19.4 Å². The largest absolute Gasteiger partial charge is 0.444 e. The number of ether oxygens (including phenoxy) is 1. The van der Waals surface area contributed by atoms with Crippen LogP contribution < -0.4 is 5.73 Å². The summed E-state index contributed by atoms with van der Waals surface area (Å²) >= 11 is 0. The average molecular weight is 548 g/mol. The van der Waals surface area contributed by atoms with Gasteiger partial charge >= 0.3 is 6.09 Å². The quantitative estimate of drug-likeness (QED) is 0.447. The standard InChI is InChI=1S/C31H41N5O4/c1-21(2)18-36(24-17-23(27(32)37)19-34(20-24)30(39)40-31(3,4)5)29(38)28-33-25-13-9-10-14-26(25)35(28)16-15-22-11-7-6-8-12-22/h6-14,21,23-24H,15-20H2,1-5H3,(H2,32,37)/t23-,24+/m1/s1. The molecule has 4 rings (SSSR count). The number of primary amides is 1. The zero-order chi connectivity index (χ0) is 29.0. The summed E-state index contributed by atoms with van der Waals surface area (Å²) in [7, 11) is 0. The molecule has 0 bridgehead atoms. The second-order valence-corrected chi connectivity index (χ2v) is 12.0. The molecule has 0 aliphatic carbocycles. The summed E-state index contributed by atoms with van der Waals surface area (Å²) in [5.41, 5.74) is 7.85. The lowest BCUT2D eigenvalue weighted by Gasteiger charge is -2.42. The van der Waals surface area contributed by atoms with Crippen LogP contribution in [-0.4, -0.2) is 68.5 Å². The summed E-state index contributed by atoms with van der Waals surface area (Å²) in [5.74, 6) is -0.814. The Bertz CT molecular complexity index is 1340. The van der Waals surface area contributed by atoms with Crippen LogP contribution in [0, 0.1) is 11.8 Å². The first-order valence-electron chi connectivity index (χ1n) is 14.0. The van der Waals surface area contributed by atoms with Gasteiger partial charge in [0, 0.05) is 26.2 Å². The maximum absolute atomic E-state index is 14.4. The van der Waals surface area contributed by atoms with E-state index in [-0.39, 0.29) is 24.9 Å². The Kier molecular flexibility index (Phi) is 8.81. The van der Waals surface area contributed by atoms with Crippen molar-refractivity contribution >= 4 is 28.9 Å². The van der Waals surface area contributed by atoms with E-state index in [1.54, 1.807) is 25.7 Å². The molecule has 0 spiro atoms. The number of carbonyl (C=O) groups excluding carboxylic acids is 3. The number of fused-ring (bicyclic) bond motifs is 1. The van der Waals surface area contributed by atoms with E-state index >= 15 is 0 Å². The predicted octanol–water partition coefficient (Wildman–Crippen LogP) is 4.49. The number of rotatable bonds is 8. The first-order chi connectivity index (χ1) is 18.9. The van der Waals surface area contributed by atoms with E-state index in [2.05, 4.69) is 12.1 Å². The van der Waals surface area contributed by atoms with Gasteiger partial charge in [-0.25, -0.2) is 9.78 Å². The number of hydrogen-bond acceptors (Lipinski definition) is 5. The molecule has 2 N–H and O–H groups in total. The average Bonchev–Trinajstić information content (AvgIpc) is 3.28. The molecule has 3 aromatic rings. The van der Waals surface area contributed by atoms with Crippen molar-refractivity contribution in [3.8, 4) is 0 Å². The van der Waals surface area contributed by atoms with Gasteiger partial charge in [0.25, 0.3) is 5.91 Å². The summed E-state index contributed by atoms with van der Waals surface area (Å²) in [5, 5.41) is 0. The Morgan fingerprint density at radius 3 is 2.38 bits per heavy atom. The van der Waals surface area contributed by atoms with Crippen molar-refractivity contribution in [2.45, 2.75) is 65.6 Å². The zero-order valence-electron chi connectivity index (χ0n) is 24.2. The van der Waals surface area contributed by atoms with Crippen molar-refractivity contribution in [2.24, 2.45) is 17.6 Å². The normalized spacial score (nSPS) is 17.7. The fraction of sp³-hybridized carbons (Fsp3) is 0.484. The number of nitrogens with two attached hydrogens (primary N) is 1. The molecule has 1 saturated heterocycles. The van der Waals surface area contributed by atoms with Crippen LogP contribution in [0.3, 0.4) is 0 Å². The number of hydrogen-bond donors (Lipinski definition) is 1. The summed E-state index contributed by atoms with van der Waals surface area (Å²) in [4.78, 5) is 47.8. The molecule has 1 aromatic heterocycles. The summed E-state index contributed by atoms with van der Waals surface area (Å²) < 4.78 is 7.59. The van der Waals surface area contributed by atoms with Gasteiger partial charge in [0.15, 0.2) is 5.82 Å². The highest BCUT2D eigenvalue weighted by atomic mass is 16.6. The van der Waals surface area contributed by atoms with Gasteiger partial charge in [-0.15, -0.1) is 0 Å². The van der Waals surface area contributed by atoms with Crippen LogP contribution in [0.15, 0.2) is 54.6 Å². The van der Waals surface area contributed by atoms with Gasteiger partial charge in [0.05, 0.1) is 23.0 Å². The molecule has 0 radical (unpaired) electrons. The first kappa shape index (κ1) is 29.1. The first-order valence-corrected chi connectivity index (χ1v) is 14.0. The van der Waals surface area contributed by atoms with Crippen LogP contribution in [0.25, 0.3) is 11.0 Å². The maximum Gasteiger partial charge on any atom is 0.410 e. The third kappa shape index (κ3) is 7.00. The van der Waals surface area contributed by atoms with Gasteiger partial charge in [-0.1, -0.05) is 56.3 Å². The van der Waals surface area contributed by atoms with Gasteiger partial charge in [0.2, 0.25) is 5.91 Å². The fourth-order valence-corrected chi connectivity index (χ4v) is 5.25. The van der Waals surface area contributed by atoms with Gasteiger partial charge in [-0.05, 0) is 57.2 Å². The zero-order valence-corrected chi connectivity index (χ0v) is 24.2. The number of carbonyl (C=O) groups is 3. The maximum atomic E-state index is 14.4. The van der Waals surface area contributed by atoms with Crippen LogP contribution >= 0.6 is 0 Å². The molecule has 2 heterocycles. The van der Waals surface area contributed by atoms with Crippen LogP contribution in [0.1, 0.15) is 57.2 Å². The fourth-order valence-electron chi connectivity index (χ4n) is 5.25. The number of imidazole rings is 1. The number of likely N-dealkylation sites (tertiary alicyclic amines) is 1. The Morgan fingerprint density at radius 2 is 1.73 bits per heavy atom. The van der Waals surface area contributed by atoms with Gasteiger partial charge in [-0.3, -0.25) is 9.59 Å². The number of para-hydroxylation sites is 2. The van der Waals surface area contributed by atoms with E-state index in [1.807, 2.05) is 60.9 Å². The topological polar surface area (TPSA) is 111 Å². The van der Waals surface area contributed by atoms with Crippen LogP contribution in [0.2, 0.25) is 0 Å². The van der Waals surface area contributed by atoms with E-state index < -0.39 is 29.6 Å². The molecule has 1 aliphatic heterocycles. The second kappa shape index (κ2) is 12.1. The number of aromatic nitrogens is 2. The van der Waals surface area contributed by atoms with Crippen LogP contribution in [0.4, 0.5) is 4.79 Å². The lowest BCUT2D eigenvalue weighted by molar-refractivity contribution is -0.124. The van der Waals surface area contributed by atoms with Gasteiger partial charge in [0.1, 0.15) is 5.60 Å². The van der Waals surface area contributed by atoms with E-state index in [0.29, 0.717) is 25.3 Å². The van der Waals surface area contributed by atoms with Gasteiger partial charge < -0.3 is 24.8 Å². The number of piperidine rings is 1. The Hall–Kier alpha value is -3.88. The lowest BCUT2D eigenvalue weighted by Crippen LogP contribution is -2.57. The molecule has 0 unspecified atom stereocenters. The predicted molar refractivity (Wildman–Crippen MR) is 155 cm³/mol. The number of benzene rings is 2. The summed E-state index contributed by atoms with van der Waals surface area (Å²) in [6.07, 6.45) is 0.596. The van der Waals surface area contributed by atoms with E-state index in [0.717, 1.165) is 17.5 Å². The van der Waals surface area contributed by atoms with Gasteiger partial charge in [-0.2, -0.15) is 0 Å². The van der Waals surface area contributed by atoms with Crippen molar-refractivity contribution < 1.29 is 19.1 Å². The highest BCUT2D eigenvalue weighted by molar-refractivity contribution is 5.95. The minimum Gasteiger partial charge on any atom is -0.444 e. The Labute approximate surface area is 236 Å². The number of nitrogens with zero attached hydrogens (tertiary/aromatic N) is 4. The molecule has 40 heavy (non-hydrogen) atoms. The second-order valence-electron chi connectivity index (χ2n) is 12.0. The molecule has 9 heteroatoms. The van der Waals surface area contributed by atoms with Crippen molar-refractivity contribution in [3.05, 3.63) is 66.0 Å². The van der Waals surface area contributed by atoms with Crippen LogP contribution in [-0.2, 0) is 22.5 Å². The molecular weight excluding hydrogens is 506 g/mol. The van der Waals surface area contributed by atoms with Crippen molar-refractivity contribution in [1.29, 1.82) is 0 Å². The number of amides is 3. The summed E-state index contributed by atoms with van der Waals surface area (Å²) in [6, 6.07) is 17.5. The van der Waals surface area contributed by atoms with E-state index in [9.17, 15) is 14.4 Å². The molecule has 3 amide bonds. The summed E-state index contributed by atoms with van der Waals surface area (Å²) in [6.45, 7) is 10.9. The Balaban J connectivity index is 1.69. The molecule has 1 fully saturated rings. The number of aryl methyl sites for hydroxylation is 2. The third-order valence-corrected chi connectivity index (χ3v) is 7.06. The van der Waals surface area contributed by atoms with Crippen LogP contribution in [0.5, 0.6) is 0 Å². The Morgan fingerprint density at radius 1 is 1.05 bits per heavy atom. The molecule has 2 aromatic carbocycles. The molecule has 0 saturated carbocycles. The molecular formula is C31H41N5O4. The smallest absolute Gasteiger partial charge is 0.410 e. The van der Waals surface area contributed by atoms with Crippen molar-refractivity contribution in [3.63, 3.8) is 0 Å². The molecule has 9 nitrogen and oxygen atoms in total. The minimum atomic E-state index is -0.691. The minimum absolute atomic E-state index is 0.148. The highest BCUT2D eigenvalue weighted by Gasteiger charge is 2.40. The highest BCUT2D eigenvalue weighted by Crippen LogP contribution is 2.26. The molecule has 2 atom stereocenters. The van der Waals surface area contributed by atoms with E-state index in [4.69, 9.17) is 15.5 Å². The lowest BCUT2D eigenvalue weighted by atomic mass is 9.92. The monoisotopic (exact) mass is 547 g/mol. The molecule has 1 aliphatic rings. The van der Waals surface area contributed by atoms with Crippen molar-refractivity contribution in [2.75, 3.05) is 19.6 Å². The SMILES string of the molecule is CC(C)CN(C(=O)c1nc2ccccc2n1CCc1ccccc1)[C@H]1C[C@@H](C(N)=O)CN(C(=O)OC(C)(C)C)C1. The van der Waals surface area contributed by atoms with E-state index in [1.165, 1.54) is 10.5 Å².